The normalized spacial score (nSPS) is 17.6. The Morgan fingerprint density at radius 2 is 2.33 bits per heavy atom. The zero-order valence-electron chi connectivity index (χ0n) is 13.9. The Hall–Kier alpha value is -1.80. The predicted molar refractivity (Wildman–Crippen MR) is 93.2 cm³/mol. The van der Waals surface area contributed by atoms with Gasteiger partial charge in [-0.05, 0) is 26.0 Å². The number of allylic oxidation sites excluding steroid dienone is 1. The molecule has 0 unspecified atom stereocenters. The zero-order chi connectivity index (χ0) is 17.6. The second-order valence-electron chi connectivity index (χ2n) is 6.10. The number of hydrogen-bond acceptors (Lipinski definition) is 7. The van der Waals surface area contributed by atoms with Gasteiger partial charge in [-0.2, -0.15) is 12.6 Å². The number of aromatic nitrogens is 1. The minimum Gasteiger partial charge on any atom is -0.474 e. The van der Waals surface area contributed by atoms with Crippen LogP contribution in [0.2, 0.25) is 0 Å². The smallest absolute Gasteiger partial charge is 0.249 e. The molecular weight excluding hydrogens is 330 g/mol. The first kappa shape index (κ1) is 18.5. The van der Waals surface area contributed by atoms with E-state index in [-0.39, 0.29) is 18.5 Å². The minimum atomic E-state index is -1.10. The Kier molecular flexibility index (Phi) is 6.44. The van der Waals surface area contributed by atoms with Crippen molar-refractivity contribution in [3.05, 3.63) is 30.0 Å². The number of rotatable bonds is 8. The van der Waals surface area contributed by atoms with E-state index >= 15 is 0 Å². The van der Waals surface area contributed by atoms with Crippen molar-refractivity contribution in [2.75, 3.05) is 12.4 Å². The van der Waals surface area contributed by atoms with Gasteiger partial charge in [0.25, 0.3) is 0 Å². The van der Waals surface area contributed by atoms with Gasteiger partial charge in [0.05, 0.1) is 12.1 Å². The van der Waals surface area contributed by atoms with E-state index in [0.29, 0.717) is 24.1 Å². The molecule has 2 rings (SSSR count). The molecule has 8 heteroatoms. The van der Waals surface area contributed by atoms with Crippen molar-refractivity contribution >= 4 is 24.4 Å². The maximum atomic E-state index is 11.8. The highest BCUT2D eigenvalue weighted by Crippen LogP contribution is 2.20. The van der Waals surface area contributed by atoms with Crippen molar-refractivity contribution in [1.82, 2.24) is 10.3 Å². The van der Waals surface area contributed by atoms with Crippen LogP contribution in [-0.4, -0.2) is 45.9 Å². The summed E-state index contributed by atoms with van der Waals surface area (Å²) < 4.78 is 10.8. The molecule has 0 bridgehead atoms. The molecule has 1 atom stereocenters. The molecule has 0 aromatic carbocycles. The highest BCUT2D eigenvalue weighted by atomic mass is 32.1. The third-order valence-electron chi connectivity index (χ3n) is 3.28. The van der Waals surface area contributed by atoms with Crippen LogP contribution in [0.3, 0.4) is 0 Å². The van der Waals surface area contributed by atoms with Crippen LogP contribution < -0.4 is 5.32 Å². The number of carbonyl (C=O) groups excluding carboxylic acids is 1. The van der Waals surface area contributed by atoms with Gasteiger partial charge in [0, 0.05) is 6.42 Å². The minimum absolute atomic E-state index is 0.0902. The summed E-state index contributed by atoms with van der Waals surface area (Å²) in [5, 5.41) is 12.3. The summed E-state index contributed by atoms with van der Waals surface area (Å²) in [6, 6.07) is 0. The Balaban J connectivity index is 1.82. The van der Waals surface area contributed by atoms with Gasteiger partial charge in [0.1, 0.15) is 19.0 Å². The van der Waals surface area contributed by atoms with Crippen LogP contribution in [0.1, 0.15) is 38.3 Å². The van der Waals surface area contributed by atoms with Gasteiger partial charge in [-0.15, -0.1) is 0 Å². The molecular formula is C16H23N3O4S. The fourth-order valence-corrected chi connectivity index (χ4v) is 2.16. The summed E-state index contributed by atoms with van der Waals surface area (Å²) in [4.78, 5) is 20.4. The van der Waals surface area contributed by atoms with E-state index in [4.69, 9.17) is 9.15 Å². The summed E-state index contributed by atoms with van der Waals surface area (Å²) in [6.07, 6.45) is 5.06. The molecule has 1 amide bonds. The summed E-state index contributed by atoms with van der Waals surface area (Å²) in [6.45, 7) is 4.52. The molecule has 1 aliphatic heterocycles. The molecule has 0 spiro atoms. The Labute approximate surface area is 146 Å². The number of aliphatic hydroxyl groups is 1. The van der Waals surface area contributed by atoms with E-state index in [9.17, 15) is 9.90 Å². The van der Waals surface area contributed by atoms with Gasteiger partial charge >= 0.3 is 0 Å². The summed E-state index contributed by atoms with van der Waals surface area (Å²) in [5.74, 6) is 1.03. The average molecular weight is 353 g/mol. The third-order valence-corrected chi connectivity index (χ3v) is 3.53. The fraction of sp³-hybridized carbons (Fsp3) is 0.562. The largest absolute Gasteiger partial charge is 0.474 e. The lowest BCUT2D eigenvalue weighted by Gasteiger charge is -2.07. The molecule has 0 aliphatic carbocycles. The second kappa shape index (κ2) is 8.34. The molecule has 7 nitrogen and oxygen atoms in total. The van der Waals surface area contributed by atoms with E-state index in [0.717, 1.165) is 12.2 Å². The maximum absolute atomic E-state index is 11.8. The van der Waals surface area contributed by atoms with Crippen LogP contribution in [0.15, 0.2) is 27.8 Å². The van der Waals surface area contributed by atoms with Crippen molar-refractivity contribution in [3.63, 3.8) is 0 Å². The standard InChI is InChI=1S/C16H23N3O4S/c1-16(2)10-23-15(19-16)11-9-22-13(18-11)8-17-14(21)12(20)6-4-3-5-7-24/h3-4,9,12,20,24H,5-8,10H2,1-2H3,(H,17,21)/b4-3+/t12-/m1/s1. The number of thiol groups is 1. The first-order valence-electron chi connectivity index (χ1n) is 7.80. The van der Waals surface area contributed by atoms with Crippen molar-refractivity contribution in [1.29, 1.82) is 0 Å². The van der Waals surface area contributed by atoms with Crippen molar-refractivity contribution in [3.8, 4) is 0 Å². The molecule has 0 saturated carbocycles. The zero-order valence-corrected chi connectivity index (χ0v) is 14.8. The number of hydrogen-bond donors (Lipinski definition) is 3. The molecule has 24 heavy (non-hydrogen) atoms. The number of aliphatic imine (C=N–C) groups is 1. The summed E-state index contributed by atoms with van der Waals surface area (Å²) >= 11 is 4.08. The number of aliphatic hydroxyl groups excluding tert-OH is 1. The van der Waals surface area contributed by atoms with Crippen molar-refractivity contribution in [2.45, 2.75) is 44.9 Å². The number of ether oxygens (including phenoxy) is 1. The van der Waals surface area contributed by atoms with E-state index in [1.807, 2.05) is 19.9 Å². The van der Waals surface area contributed by atoms with Crippen LogP contribution in [0.25, 0.3) is 0 Å². The number of oxazole rings is 1. The van der Waals surface area contributed by atoms with E-state index in [2.05, 4.69) is 27.9 Å². The molecule has 0 saturated heterocycles. The van der Waals surface area contributed by atoms with Crippen LogP contribution in [0.5, 0.6) is 0 Å². The summed E-state index contributed by atoms with van der Waals surface area (Å²) in [5.41, 5.74) is 0.229. The van der Waals surface area contributed by atoms with Crippen molar-refractivity contribution in [2.24, 2.45) is 4.99 Å². The van der Waals surface area contributed by atoms with Gasteiger partial charge in [0.2, 0.25) is 17.7 Å². The molecule has 1 aromatic heterocycles. The SMILES string of the molecule is CC1(C)COC(c2coc(CNC(=O)[C@H](O)C/C=C/CCS)n2)=N1. The van der Waals surface area contributed by atoms with Crippen LogP contribution in [0.4, 0.5) is 0 Å². The summed E-state index contributed by atoms with van der Waals surface area (Å²) in [7, 11) is 0. The number of amides is 1. The lowest BCUT2D eigenvalue weighted by Crippen LogP contribution is -2.33. The monoisotopic (exact) mass is 353 g/mol. The Morgan fingerprint density at radius 1 is 1.54 bits per heavy atom. The molecule has 0 radical (unpaired) electrons. The molecule has 132 valence electrons. The molecule has 2 N–H and O–H groups in total. The Morgan fingerprint density at radius 3 is 3.00 bits per heavy atom. The van der Waals surface area contributed by atoms with Crippen molar-refractivity contribution < 1.29 is 19.1 Å². The predicted octanol–water partition coefficient (Wildman–Crippen LogP) is 1.47. The average Bonchev–Trinajstić information content (AvgIpc) is 3.15. The third kappa shape index (κ3) is 5.38. The van der Waals surface area contributed by atoms with E-state index < -0.39 is 12.0 Å². The van der Waals surface area contributed by atoms with Gasteiger partial charge in [-0.3, -0.25) is 4.79 Å². The van der Waals surface area contributed by atoms with Crippen LogP contribution in [0, 0.1) is 0 Å². The van der Waals surface area contributed by atoms with E-state index in [1.54, 1.807) is 6.08 Å². The van der Waals surface area contributed by atoms with Gasteiger partial charge in [0.15, 0.2) is 5.69 Å². The number of nitrogens with one attached hydrogen (secondary N) is 1. The lowest BCUT2D eigenvalue weighted by molar-refractivity contribution is -0.129. The van der Waals surface area contributed by atoms with Crippen LogP contribution >= 0.6 is 12.6 Å². The second-order valence-corrected chi connectivity index (χ2v) is 6.54. The molecule has 1 aromatic rings. The van der Waals surface area contributed by atoms with Gasteiger partial charge in [-0.1, -0.05) is 12.2 Å². The number of carbonyl (C=O) groups is 1. The number of nitrogens with zero attached hydrogens (tertiary/aromatic N) is 2. The quantitative estimate of drug-likeness (QED) is 0.486. The molecule has 0 fully saturated rings. The topological polar surface area (TPSA) is 97.0 Å². The Bertz CT molecular complexity index is 625. The highest BCUT2D eigenvalue weighted by Gasteiger charge is 2.28. The fourth-order valence-electron chi connectivity index (χ4n) is 2.01. The van der Waals surface area contributed by atoms with Gasteiger partial charge in [-0.25, -0.2) is 9.98 Å². The van der Waals surface area contributed by atoms with Gasteiger partial charge < -0.3 is 19.6 Å². The maximum Gasteiger partial charge on any atom is 0.249 e. The van der Waals surface area contributed by atoms with E-state index in [1.165, 1.54) is 6.26 Å². The lowest BCUT2D eigenvalue weighted by atomic mass is 10.1. The molecule has 1 aliphatic rings. The highest BCUT2D eigenvalue weighted by molar-refractivity contribution is 7.80. The van der Waals surface area contributed by atoms with Crippen LogP contribution in [-0.2, 0) is 16.1 Å². The first-order chi connectivity index (χ1) is 11.4. The molecule has 2 heterocycles. The first-order valence-corrected chi connectivity index (χ1v) is 8.43.